The number of benzene rings is 2. The normalized spacial score (nSPS) is 12.9. The van der Waals surface area contributed by atoms with Gasteiger partial charge in [-0.05, 0) is 59.7 Å². The molecule has 8 nitrogen and oxygen atoms in total. The molecule has 8 heteroatoms. The monoisotopic (exact) mass is 500 g/mol. The predicted octanol–water partition coefficient (Wildman–Crippen LogP) is 4.38. The summed E-state index contributed by atoms with van der Waals surface area (Å²) in [6, 6.07) is 13.1. The largest absolute Gasteiger partial charge is 0.387 e. The number of methoxy groups -OCH3 is 1. The molecule has 0 spiro atoms. The maximum Gasteiger partial charge on any atom is 0.265 e. The number of hydrogen-bond acceptors (Lipinski definition) is 6. The number of amides is 1. The summed E-state index contributed by atoms with van der Waals surface area (Å²) in [6.07, 6.45) is 5.46. The van der Waals surface area contributed by atoms with E-state index in [2.05, 4.69) is 18.8 Å². The molecule has 0 atom stereocenters. The Morgan fingerprint density at radius 2 is 1.76 bits per heavy atom. The molecular weight excluding hydrogens is 468 g/mol. The quantitative estimate of drug-likeness (QED) is 0.494. The fourth-order valence-electron chi connectivity index (χ4n) is 4.58. The van der Waals surface area contributed by atoms with E-state index in [0.29, 0.717) is 42.0 Å². The number of hydrogen-bond donors (Lipinski definition) is 1. The van der Waals surface area contributed by atoms with Crippen LogP contribution in [0, 0.1) is 0 Å². The van der Waals surface area contributed by atoms with Crippen LogP contribution >= 0.6 is 0 Å². The Kier molecular flexibility index (Phi) is 7.98. The van der Waals surface area contributed by atoms with E-state index < -0.39 is 5.91 Å². The third-order valence-corrected chi connectivity index (χ3v) is 6.32. The maximum atomic E-state index is 13.2. The number of nitrogens with two attached hydrogens (primary N) is 1. The standard InChI is InChI=1S/C29H32N4O4/c1-4-11-32(12-5-2)28(35)23-15-22-7-6-20(16-25(22)31-26(30)17-23)19-8-9-24-21(14-19)10-13-33(29(24)36)27(34)18-37-3/h6-10,13-16H,4-5,11-12,17-18H2,1-3H3,(H2,30,31). The fourth-order valence-corrected chi connectivity index (χ4v) is 4.58. The van der Waals surface area contributed by atoms with E-state index >= 15 is 0 Å². The number of carbonyl (C=O) groups is 2. The lowest BCUT2D eigenvalue weighted by molar-refractivity contribution is -0.127. The van der Waals surface area contributed by atoms with Gasteiger partial charge >= 0.3 is 0 Å². The lowest BCUT2D eigenvalue weighted by Gasteiger charge is -2.22. The average Bonchev–Trinajstić information content (AvgIpc) is 3.05. The summed E-state index contributed by atoms with van der Waals surface area (Å²) < 4.78 is 5.93. The Labute approximate surface area is 216 Å². The van der Waals surface area contributed by atoms with Crippen molar-refractivity contribution in [3.05, 3.63) is 70.2 Å². The van der Waals surface area contributed by atoms with E-state index in [1.807, 2.05) is 41.3 Å². The molecule has 1 aromatic heterocycles. The van der Waals surface area contributed by atoms with Gasteiger partial charge in [0.25, 0.3) is 11.5 Å². The van der Waals surface area contributed by atoms with E-state index in [-0.39, 0.29) is 18.1 Å². The van der Waals surface area contributed by atoms with Gasteiger partial charge in [0.2, 0.25) is 5.91 Å². The molecule has 0 bridgehead atoms. The van der Waals surface area contributed by atoms with Crippen LogP contribution < -0.4 is 11.3 Å². The molecule has 2 aromatic carbocycles. The van der Waals surface area contributed by atoms with Crippen molar-refractivity contribution < 1.29 is 14.3 Å². The number of aromatic nitrogens is 1. The Hall–Kier alpha value is -4.04. The smallest absolute Gasteiger partial charge is 0.265 e. The zero-order valence-electron chi connectivity index (χ0n) is 21.5. The van der Waals surface area contributed by atoms with Crippen LogP contribution in [0.3, 0.4) is 0 Å². The highest BCUT2D eigenvalue weighted by Gasteiger charge is 2.21. The van der Waals surface area contributed by atoms with E-state index in [9.17, 15) is 14.4 Å². The summed E-state index contributed by atoms with van der Waals surface area (Å²) in [6.45, 7) is 5.38. The van der Waals surface area contributed by atoms with Gasteiger partial charge in [-0.15, -0.1) is 0 Å². The Bertz CT molecular complexity index is 1460. The summed E-state index contributed by atoms with van der Waals surface area (Å²) in [5.41, 5.74) is 9.81. The van der Waals surface area contributed by atoms with Gasteiger partial charge in [-0.2, -0.15) is 0 Å². The van der Waals surface area contributed by atoms with Crippen molar-refractivity contribution in [1.82, 2.24) is 9.47 Å². The number of amidine groups is 1. The third kappa shape index (κ3) is 5.54. The van der Waals surface area contributed by atoms with Crippen molar-refractivity contribution in [3.63, 3.8) is 0 Å². The molecule has 37 heavy (non-hydrogen) atoms. The van der Waals surface area contributed by atoms with Crippen LogP contribution in [0.4, 0.5) is 5.69 Å². The summed E-state index contributed by atoms with van der Waals surface area (Å²) in [5.74, 6) is -0.0238. The van der Waals surface area contributed by atoms with Gasteiger partial charge in [0.05, 0.1) is 5.69 Å². The number of rotatable bonds is 8. The first-order valence-electron chi connectivity index (χ1n) is 12.5. The number of fused-ring (bicyclic) bond motifs is 2. The van der Waals surface area contributed by atoms with Gasteiger partial charge in [0.1, 0.15) is 12.4 Å². The van der Waals surface area contributed by atoms with Gasteiger partial charge in [-0.25, -0.2) is 4.99 Å². The Morgan fingerprint density at radius 3 is 2.46 bits per heavy atom. The first-order chi connectivity index (χ1) is 17.9. The summed E-state index contributed by atoms with van der Waals surface area (Å²) in [4.78, 5) is 44.6. The second-order valence-corrected chi connectivity index (χ2v) is 9.13. The minimum atomic E-state index is -0.418. The summed E-state index contributed by atoms with van der Waals surface area (Å²) >= 11 is 0. The van der Waals surface area contributed by atoms with Crippen LogP contribution in [0.1, 0.15) is 43.5 Å². The van der Waals surface area contributed by atoms with Crippen LogP contribution in [0.5, 0.6) is 0 Å². The topological polar surface area (TPSA) is 107 Å². The van der Waals surface area contributed by atoms with E-state index in [0.717, 1.165) is 39.5 Å². The maximum absolute atomic E-state index is 13.2. The van der Waals surface area contributed by atoms with E-state index in [1.54, 1.807) is 12.1 Å². The van der Waals surface area contributed by atoms with Crippen LogP contribution in [-0.2, 0) is 9.53 Å². The zero-order valence-corrected chi connectivity index (χ0v) is 21.5. The summed E-state index contributed by atoms with van der Waals surface area (Å²) in [5, 5.41) is 1.17. The number of carbonyl (C=O) groups excluding carboxylic acids is 2. The predicted molar refractivity (Wildman–Crippen MR) is 147 cm³/mol. The van der Waals surface area contributed by atoms with Gasteiger partial charge in [-0.3, -0.25) is 19.0 Å². The molecule has 3 aromatic rings. The average molecular weight is 501 g/mol. The Morgan fingerprint density at radius 1 is 1.05 bits per heavy atom. The van der Waals surface area contributed by atoms with Gasteiger partial charge in [0.15, 0.2) is 0 Å². The van der Waals surface area contributed by atoms with Crippen molar-refractivity contribution in [1.29, 1.82) is 0 Å². The molecule has 4 rings (SSSR count). The molecular formula is C29H32N4O4. The van der Waals surface area contributed by atoms with Crippen molar-refractivity contribution >= 4 is 40.2 Å². The molecule has 2 N–H and O–H groups in total. The van der Waals surface area contributed by atoms with Gasteiger partial charge in [0, 0.05) is 49.3 Å². The van der Waals surface area contributed by atoms with Gasteiger partial charge < -0.3 is 15.4 Å². The lowest BCUT2D eigenvalue weighted by atomic mass is 9.99. The second kappa shape index (κ2) is 11.3. The van der Waals surface area contributed by atoms with Crippen LogP contribution in [-0.4, -0.2) is 53.9 Å². The van der Waals surface area contributed by atoms with E-state index in [1.165, 1.54) is 13.3 Å². The zero-order chi connectivity index (χ0) is 26.5. The van der Waals surface area contributed by atoms with Crippen molar-refractivity contribution in [2.24, 2.45) is 10.7 Å². The number of ether oxygens (including phenoxy) is 1. The molecule has 1 aliphatic rings. The van der Waals surface area contributed by atoms with Crippen LogP contribution in [0.2, 0.25) is 0 Å². The van der Waals surface area contributed by atoms with Crippen LogP contribution in [0.25, 0.3) is 28.0 Å². The minimum absolute atomic E-state index is 0.00272. The molecule has 0 saturated heterocycles. The van der Waals surface area contributed by atoms with Crippen molar-refractivity contribution in [3.8, 4) is 11.1 Å². The highest BCUT2D eigenvalue weighted by atomic mass is 16.5. The number of pyridine rings is 1. The molecule has 0 aliphatic carbocycles. The summed E-state index contributed by atoms with van der Waals surface area (Å²) in [7, 11) is 1.41. The molecule has 0 radical (unpaired) electrons. The minimum Gasteiger partial charge on any atom is -0.387 e. The first kappa shape index (κ1) is 26.0. The molecule has 0 unspecified atom stereocenters. The number of aliphatic imine (C=N–C) groups is 1. The molecule has 1 aliphatic heterocycles. The van der Waals surface area contributed by atoms with Crippen LogP contribution in [0.15, 0.2) is 64.0 Å². The second-order valence-electron chi connectivity index (χ2n) is 9.13. The fraction of sp³-hybridized carbons (Fsp3) is 0.310. The molecule has 192 valence electrons. The molecule has 1 amide bonds. The number of nitrogens with zero attached hydrogens (tertiary/aromatic N) is 3. The highest BCUT2D eigenvalue weighted by molar-refractivity contribution is 6.05. The van der Waals surface area contributed by atoms with E-state index in [4.69, 9.17) is 10.5 Å². The molecule has 0 saturated carbocycles. The molecule has 2 heterocycles. The van der Waals surface area contributed by atoms with Crippen molar-refractivity contribution in [2.75, 3.05) is 26.8 Å². The van der Waals surface area contributed by atoms with Crippen molar-refractivity contribution in [2.45, 2.75) is 33.1 Å². The Balaban J connectivity index is 1.69. The SMILES string of the molecule is CCCN(CCC)C(=O)C1=Cc2ccc(-c3ccc4c(=O)n(C(=O)COC)ccc4c3)cc2N=C(N)C1. The third-order valence-electron chi connectivity index (χ3n) is 6.32. The molecule has 0 fully saturated rings. The first-order valence-corrected chi connectivity index (χ1v) is 12.5. The van der Waals surface area contributed by atoms with Gasteiger partial charge in [-0.1, -0.05) is 32.0 Å². The lowest BCUT2D eigenvalue weighted by Crippen LogP contribution is -2.34. The highest BCUT2D eigenvalue weighted by Crippen LogP contribution is 2.33.